The van der Waals surface area contributed by atoms with E-state index in [4.69, 9.17) is 0 Å². The number of hydrogen-bond acceptors (Lipinski definition) is 3. The molecule has 38 heavy (non-hydrogen) atoms. The number of aryl methyl sites for hydroxylation is 3. The van der Waals surface area contributed by atoms with Crippen LogP contribution in [0.2, 0.25) is 0 Å². The summed E-state index contributed by atoms with van der Waals surface area (Å²) in [5.74, 6) is -2.56. The van der Waals surface area contributed by atoms with Crippen LogP contribution in [0.1, 0.15) is 11.1 Å². The molecule has 0 aliphatic carbocycles. The summed E-state index contributed by atoms with van der Waals surface area (Å²) in [7, 11) is 1.94. The average molecular weight is 701 g/mol. The van der Waals surface area contributed by atoms with Gasteiger partial charge >= 0.3 is 0 Å². The Balaban J connectivity index is 0.000000300. The summed E-state index contributed by atoms with van der Waals surface area (Å²) < 4.78 is 53.9. The van der Waals surface area contributed by atoms with Crippen LogP contribution in [0.4, 0.5) is 17.6 Å². The summed E-state index contributed by atoms with van der Waals surface area (Å²) >= 11 is 0. The minimum atomic E-state index is -0.645. The van der Waals surface area contributed by atoms with E-state index >= 15 is 0 Å². The average Bonchev–Trinajstić information content (AvgIpc) is 3.31. The monoisotopic (exact) mass is 701 g/mol. The first-order valence-corrected chi connectivity index (χ1v) is 10.7. The largest absolute Gasteiger partial charge is 0.412 e. The van der Waals surface area contributed by atoms with Gasteiger partial charge in [0.05, 0.1) is 6.33 Å². The second kappa shape index (κ2) is 15.5. The van der Waals surface area contributed by atoms with E-state index in [9.17, 15) is 17.6 Å². The third kappa shape index (κ3) is 9.63. The van der Waals surface area contributed by atoms with Crippen LogP contribution in [0.5, 0.6) is 0 Å². The second-order valence-corrected chi connectivity index (χ2v) is 7.75. The van der Waals surface area contributed by atoms with Gasteiger partial charge in [0.2, 0.25) is 0 Å². The Labute approximate surface area is 231 Å². The van der Waals surface area contributed by atoms with Crippen LogP contribution in [0.3, 0.4) is 0 Å². The summed E-state index contributed by atoms with van der Waals surface area (Å²) in [6.07, 6.45) is 8.56. The van der Waals surface area contributed by atoms with E-state index in [1.54, 1.807) is 37.1 Å². The molecule has 201 valence electrons. The maximum absolute atomic E-state index is 13.4. The fourth-order valence-electron chi connectivity index (χ4n) is 2.95. The molecule has 0 fully saturated rings. The Bertz CT molecular complexity index is 1340. The van der Waals surface area contributed by atoms with Crippen molar-refractivity contribution >= 4 is 0 Å². The number of benzene rings is 2. The first-order valence-electron chi connectivity index (χ1n) is 10.7. The SMILES string of the molecule is Cc1ccnc(-c2[c-]cc(F)cc2F)c1.Cc1ccnc(-c2[c-]cc(F)cc2F)c1.Cn1ccnc1.O.[Ir]. The predicted molar refractivity (Wildman–Crippen MR) is 133 cm³/mol. The number of hydrogen-bond donors (Lipinski definition) is 0. The minimum absolute atomic E-state index is 0. The molecule has 0 aliphatic rings. The van der Waals surface area contributed by atoms with Crippen molar-refractivity contribution in [3.63, 3.8) is 0 Å². The van der Waals surface area contributed by atoms with Crippen molar-refractivity contribution in [3.8, 4) is 22.5 Å². The molecule has 0 amide bonds. The van der Waals surface area contributed by atoms with Crippen LogP contribution >= 0.6 is 0 Å². The number of imidazole rings is 1. The second-order valence-electron chi connectivity index (χ2n) is 7.75. The maximum Gasteiger partial charge on any atom is 0.0943 e. The van der Waals surface area contributed by atoms with E-state index in [-0.39, 0.29) is 36.7 Å². The zero-order valence-corrected chi connectivity index (χ0v) is 23.0. The molecule has 0 spiro atoms. The Kier molecular flexibility index (Phi) is 13.2. The van der Waals surface area contributed by atoms with Crippen LogP contribution < -0.4 is 0 Å². The quantitative estimate of drug-likeness (QED) is 0.171. The summed E-state index contributed by atoms with van der Waals surface area (Å²) in [5, 5.41) is 0. The van der Waals surface area contributed by atoms with Gasteiger partial charge in [-0.1, -0.05) is 46.5 Å². The third-order valence-corrected chi connectivity index (χ3v) is 4.70. The van der Waals surface area contributed by atoms with Crippen molar-refractivity contribution in [3.05, 3.63) is 126 Å². The van der Waals surface area contributed by atoms with Gasteiger partial charge in [-0.2, -0.15) is 0 Å². The first-order chi connectivity index (χ1) is 17.2. The Morgan fingerprint density at radius 3 is 1.45 bits per heavy atom. The number of halogens is 4. The van der Waals surface area contributed by atoms with E-state index in [0.717, 1.165) is 35.4 Å². The summed E-state index contributed by atoms with van der Waals surface area (Å²) in [4.78, 5) is 11.8. The molecule has 5 nitrogen and oxygen atoms in total. The predicted octanol–water partition coefficient (Wildman–Crippen LogP) is 5.86. The molecular formula is C28H24F4IrN4O-2. The van der Waals surface area contributed by atoms with Gasteiger partial charge in [-0.05, 0) is 37.4 Å². The number of rotatable bonds is 2. The molecule has 0 unspecified atom stereocenters. The van der Waals surface area contributed by atoms with Gasteiger partial charge < -0.3 is 20.0 Å². The Hall–Kier alpha value is -3.72. The molecule has 0 aliphatic heterocycles. The van der Waals surface area contributed by atoms with Crippen LogP contribution in [-0.2, 0) is 27.2 Å². The van der Waals surface area contributed by atoms with Crippen LogP contribution in [0, 0.1) is 49.2 Å². The van der Waals surface area contributed by atoms with Gasteiger partial charge in [-0.25, -0.2) is 4.98 Å². The molecule has 1 radical (unpaired) electrons. The molecule has 2 aromatic carbocycles. The molecule has 3 heterocycles. The fraction of sp³-hybridized carbons (Fsp3) is 0.107. The smallest absolute Gasteiger partial charge is 0.0943 e. The summed E-state index contributed by atoms with van der Waals surface area (Å²) in [5.41, 5.74) is 3.26. The molecule has 0 saturated heterocycles. The number of nitrogens with zero attached hydrogens (tertiary/aromatic N) is 4. The van der Waals surface area contributed by atoms with Crippen molar-refractivity contribution in [2.24, 2.45) is 7.05 Å². The molecule has 5 rings (SSSR count). The van der Waals surface area contributed by atoms with Gasteiger partial charge in [0.25, 0.3) is 0 Å². The molecule has 0 bridgehead atoms. The van der Waals surface area contributed by atoms with Crippen molar-refractivity contribution in [1.82, 2.24) is 19.5 Å². The van der Waals surface area contributed by atoms with E-state index in [0.29, 0.717) is 11.4 Å². The molecule has 0 saturated carbocycles. The normalized spacial score (nSPS) is 9.55. The minimum Gasteiger partial charge on any atom is -0.412 e. The molecule has 2 N–H and O–H groups in total. The number of aromatic nitrogens is 4. The van der Waals surface area contributed by atoms with E-state index in [2.05, 4.69) is 27.1 Å². The van der Waals surface area contributed by atoms with E-state index in [1.165, 1.54) is 0 Å². The van der Waals surface area contributed by atoms with Crippen molar-refractivity contribution in [1.29, 1.82) is 0 Å². The van der Waals surface area contributed by atoms with Gasteiger partial charge in [-0.15, -0.1) is 24.3 Å². The fourth-order valence-corrected chi connectivity index (χ4v) is 2.95. The number of pyridine rings is 2. The molecule has 3 aromatic heterocycles. The van der Waals surface area contributed by atoms with Crippen LogP contribution in [0.15, 0.2) is 79.6 Å². The zero-order valence-electron chi connectivity index (χ0n) is 20.6. The molecule has 0 atom stereocenters. The molecule has 5 aromatic rings. The molecular weight excluding hydrogens is 677 g/mol. The topological polar surface area (TPSA) is 75.1 Å². The Morgan fingerprint density at radius 1 is 0.711 bits per heavy atom. The first kappa shape index (κ1) is 32.3. The van der Waals surface area contributed by atoms with E-state index < -0.39 is 23.3 Å². The van der Waals surface area contributed by atoms with Crippen molar-refractivity contribution < 1.29 is 43.1 Å². The molecule has 10 heteroatoms. The summed E-state index contributed by atoms with van der Waals surface area (Å²) in [6.45, 7) is 3.76. The Morgan fingerprint density at radius 2 is 1.16 bits per heavy atom. The summed E-state index contributed by atoms with van der Waals surface area (Å²) in [6, 6.07) is 16.0. The third-order valence-electron chi connectivity index (χ3n) is 4.70. The van der Waals surface area contributed by atoms with Crippen LogP contribution in [-0.4, -0.2) is 25.0 Å². The van der Waals surface area contributed by atoms with Gasteiger partial charge in [0.1, 0.15) is 0 Å². The van der Waals surface area contributed by atoms with Gasteiger partial charge in [-0.3, -0.25) is 17.6 Å². The van der Waals surface area contributed by atoms with Gasteiger partial charge in [0.15, 0.2) is 0 Å². The zero-order chi connectivity index (χ0) is 26.1. The van der Waals surface area contributed by atoms with Gasteiger partial charge in [0, 0.05) is 75.2 Å². The maximum atomic E-state index is 13.4. The van der Waals surface area contributed by atoms with Crippen molar-refractivity contribution in [2.75, 3.05) is 0 Å². The van der Waals surface area contributed by atoms with E-state index in [1.807, 2.05) is 43.8 Å². The van der Waals surface area contributed by atoms with Crippen molar-refractivity contribution in [2.45, 2.75) is 13.8 Å². The standard InChI is InChI=1S/2C12H8F2N.C4H6N2.Ir.H2O/c2*1-8-4-5-15-12(6-8)10-3-2-9(13)7-11(10)14;1-6-3-2-5-4-6;;/h2*2,4-7H,1H3;2-4H,1H3;;1H2/q2*-1;;;. The van der Waals surface area contributed by atoms with Crippen LogP contribution in [0.25, 0.3) is 22.5 Å².